The fraction of sp³-hybridized carbons (Fsp3) is 0.381. The summed E-state index contributed by atoms with van der Waals surface area (Å²) in [6, 6.07) is 11.7. The predicted octanol–water partition coefficient (Wildman–Crippen LogP) is 3.13. The Bertz CT molecular complexity index is 999. The molecule has 1 heterocycles. The van der Waals surface area contributed by atoms with Crippen LogP contribution >= 0.6 is 0 Å². The molecule has 1 aliphatic carbocycles. The normalized spacial score (nSPS) is 24.9. The molecule has 8 heteroatoms. The molecule has 1 aliphatic heterocycles. The number of fused-ring (bicyclic) bond motifs is 1. The number of rotatable bonds is 2. The lowest BCUT2D eigenvalue weighted by Gasteiger charge is -2.47. The van der Waals surface area contributed by atoms with E-state index in [4.69, 9.17) is 10.1 Å². The number of hydrogen-bond acceptors (Lipinski definition) is 6. The van der Waals surface area contributed by atoms with Crippen LogP contribution in [0.3, 0.4) is 0 Å². The highest BCUT2D eigenvalue weighted by Crippen LogP contribution is 2.52. The summed E-state index contributed by atoms with van der Waals surface area (Å²) in [5.74, 6) is -3.22. The Morgan fingerprint density at radius 1 is 1.34 bits per heavy atom. The number of amides is 1. The SMILES string of the molecule is CCOC(=O)N1CC=C2[C@H](C1)[C@H](c1ccccc1F)[C@@H](C#N)C(=N)C2(C#N)C#N. The van der Waals surface area contributed by atoms with Crippen LogP contribution in [-0.4, -0.2) is 36.4 Å². The molecule has 1 aromatic rings. The van der Waals surface area contributed by atoms with Crippen molar-refractivity contribution in [3.8, 4) is 18.2 Å². The Hall–Kier alpha value is -3.70. The molecule has 1 fully saturated rings. The molecule has 0 saturated heterocycles. The standard InChI is InChI=1S/C21H18FN5O2/c1-2-29-20(28)27-8-7-16-15(10-27)18(13-5-3-4-6-17(13)22)14(9-23)19(26)21(16,11-24)12-25/h3-7,14-15,18,26H,2,8,10H2,1H3/t14-,15+,18-/m1/s1. The molecule has 29 heavy (non-hydrogen) atoms. The number of nitriles is 3. The lowest BCUT2D eigenvalue weighted by atomic mass is 9.55. The Balaban J connectivity index is 2.20. The molecular formula is C21H18FN5O2. The summed E-state index contributed by atoms with van der Waals surface area (Å²) in [6.45, 7) is 2.01. The van der Waals surface area contributed by atoms with Gasteiger partial charge in [-0.15, -0.1) is 0 Å². The summed E-state index contributed by atoms with van der Waals surface area (Å²) in [6.07, 6.45) is 0.997. The number of ether oxygens (including phenoxy) is 1. The molecule has 0 bridgehead atoms. The fourth-order valence-corrected chi connectivity index (χ4v) is 4.23. The molecule has 0 aromatic heterocycles. The van der Waals surface area contributed by atoms with Gasteiger partial charge in [0.2, 0.25) is 5.41 Å². The molecule has 1 N–H and O–H groups in total. The number of benzene rings is 1. The molecule has 2 aliphatic rings. The molecule has 0 unspecified atom stereocenters. The molecule has 1 saturated carbocycles. The van der Waals surface area contributed by atoms with Crippen LogP contribution in [0.25, 0.3) is 0 Å². The van der Waals surface area contributed by atoms with Gasteiger partial charge in [-0.3, -0.25) is 0 Å². The highest BCUT2D eigenvalue weighted by atomic mass is 19.1. The Morgan fingerprint density at radius 3 is 2.62 bits per heavy atom. The first-order chi connectivity index (χ1) is 13.9. The van der Waals surface area contributed by atoms with Gasteiger partial charge < -0.3 is 15.0 Å². The van der Waals surface area contributed by atoms with Crippen LogP contribution in [0.2, 0.25) is 0 Å². The number of carbonyl (C=O) groups is 1. The van der Waals surface area contributed by atoms with E-state index in [9.17, 15) is 25.0 Å². The summed E-state index contributed by atoms with van der Waals surface area (Å²) in [4.78, 5) is 13.7. The zero-order valence-corrected chi connectivity index (χ0v) is 15.7. The van der Waals surface area contributed by atoms with Crippen molar-refractivity contribution in [2.24, 2.45) is 17.3 Å². The van der Waals surface area contributed by atoms with Crippen molar-refractivity contribution < 1.29 is 13.9 Å². The van der Waals surface area contributed by atoms with Crippen molar-refractivity contribution in [2.75, 3.05) is 19.7 Å². The van der Waals surface area contributed by atoms with Gasteiger partial charge in [0.1, 0.15) is 5.82 Å². The van der Waals surface area contributed by atoms with Gasteiger partial charge in [0.15, 0.2) is 0 Å². The number of nitrogens with one attached hydrogen (secondary N) is 1. The highest BCUT2D eigenvalue weighted by molar-refractivity contribution is 6.01. The van der Waals surface area contributed by atoms with Crippen molar-refractivity contribution in [3.63, 3.8) is 0 Å². The van der Waals surface area contributed by atoms with E-state index >= 15 is 0 Å². The van der Waals surface area contributed by atoms with Gasteiger partial charge in [-0.2, -0.15) is 15.8 Å². The number of nitrogens with zero attached hydrogens (tertiary/aromatic N) is 4. The second-order valence-electron chi connectivity index (χ2n) is 6.91. The smallest absolute Gasteiger partial charge is 0.410 e. The van der Waals surface area contributed by atoms with Gasteiger partial charge >= 0.3 is 6.09 Å². The minimum absolute atomic E-state index is 0.0558. The maximum Gasteiger partial charge on any atom is 0.410 e. The Morgan fingerprint density at radius 2 is 2.03 bits per heavy atom. The summed E-state index contributed by atoms with van der Waals surface area (Å²) in [7, 11) is 0. The van der Waals surface area contributed by atoms with Crippen molar-refractivity contribution >= 4 is 11.8 Å². The van der Waals surface area contributed by atoms with E-state index in [1.165, 1.54) is 23.1 Å². The molecule has 3 atom stereocenters. The monoisotopic (exact) mass is 391 g/mol. The van der Waals surface area contributed by atoms with Gasteiger partial charge in [0.05, 0.1) is 36.4 Å². The van der Waals surface area contributed by atoms with Crippen LogP contribution in [0.5, 0.6) is 0 Å². The molecule has 0 radical (unpaired) electrons. The van der Waals surface area contributed by atoms with E-state index in [0.29, 0.717) is 5.57 Å². The first-order valence-corrected chi connectivity index (χ1v) is 9.12. The van der Waals surface area contributed by atoms with E-state index in [1.54, 1.807) is 19.1 Å². The Labute approximate surface area is 167 Å². The van der Waals surface area contributed by atoms with E-state index in [2.05, 4.69) is 0 Å². The third-order valence-corrected chi connectivity index (χ3v) is 5.55. The second-order valence-corrected chi connectivity index (χ2v) is 6.91. The zero-order valence-electron chi connectivity index (χ0n) is 15.7. The quantitative estimate of drug-likeness (QED) is 0.775. The third-order valence-electron chi connectivity index (χ3n) is 5.55. The summed E-state index contributed by atoms with van der Waals surface area (Å²) >= 11 is 0. The maximum atomic E-state index is 14.7. The van der Waals surface area contributed by atoms with Crippen LogP contribution in [0, 0.1) is 62.5 Å². The minimum atomic E-state index is -1.91. The van der Waals surface area contributed by atoms with Crippen LogP contribution in [0.15, 0.2) is 35.9 Å². The van der Waals surface area contributed by atoms with Crippen molar-refractivity contribution in [1.82, 2.24) is 4.90 Å². The average molecular weight is 391 g/mol. The van der Waals surface area contributed by atoms with Crippen LogP contribution < -0.4 is 0 Å². The largest absolute Gasteiger partial charge is 0.450 e. The molecular weight excluding hydrogens is 373 g/mol. The minimum Gasteiger partial charge on any atom is -0.450 e. The first-order valence-electron chi connectivity index (χ1n) is 9.12. The molecule has 3 rings (SSSR count). The van der Waals surface area contributed by atoms with Gasteiger partial charge in [0.25, 0.3) is 0 Å². The maximum absolute atomic E-state index is 14.7. The molecule has 7 nitrogen and oxygen atoms in total. The van der Waals surface area contributed by atoms with Gasteiger partial charge in [-0.1, -0.05) is 24.3 Å². The number of hydrogen-bond donors (Lipinski definition) is 1. The molecule has 1 amide bonds. The first kappa shape index (κ1) is 20.0. The van der Waals surface area contributed by atoms with E-state index in [-0.39, 0.29) is 31.0 Å². The average Bonchev–Trinajstić information content (AvgIpc) is 2.74. The predicted molar refractivity (Wildman–Crippen MR) is 99.8 cm³/mol. The zero-order chi connectivity index (χ0) is 21.2. The third kappa shape index (κ3) is 3.02. The fourth-order valence-electron chi connectivity index (χ4n) is 4.23. The summed E-state index contributed by atoms with van der Waals surface area (Å²) < 4.78 is 19.7. The van der Waals surface area contributed by atoms with Crippen molar-refractivity contribution in [3.05, 3.63) is 47.3 Å². The molecule has 0 spiro atoms. The number of carbonyl (C=O) groups excluding carboxylic acids is 1. The van der Waals surface area contributed by atoms with Crippen molar-refractivity contribution in [1.29, 1.82) is 21.2 Å². The van der Waals surface area contributed by atoms with Crippen LogP contribution in [-0.2, 0) is 4.74 Å². The molecule has 1 aromatic carbocycles. The van der Waals surface area contributed by atoms with Gasteiger partial charge in [-0.25, -0.2) is 9.18 Å². The van der Waals surface area contributed by atoms with E-state index in [1.807, 2.05) is 18.2 Å². The van der Waals surface area contributed by atoms with E-state index in [0.717, 1.165) is 0 Å². The van der Waals surface area contributed by atoms with Crippen LogP contribution in [0.4, 0.5) is 9.18 Å². The van der Waals surface area contributed by atoms with Crippen molar-refractivity contribution in [2.45, 2.75) is 12.8 Å². The van der Waals surface area contributed by atoms with Gasteiger partial charge in [0, 0.05) is 24.9 Å². The highest BCUT2D eigenvalue weighted by Gasteiger charge is 2.57. The lowest BCUT2D eigenvalue weighted by molar-refractivity contribution is 0.0997. The Kier molecular flexibility index (Phi) is 5.35. The van der Waals surface area contributed by atoms with Crippen LogP contribution in [0.1, 0.15) is 18.4 Å². The summed E-state index contributed by atoms with van der Waals surface area (Å²) in [5.41, 5.74) is -1.71. The number of halogens is 1. The topological polar surface area (TPSA) is 125 Å². The lowest BCUT2D eigenvalue weighted by Crippen LogP contribution is -2.53. The second kappa shape index (κ2) is 7.73. The van der Waals surface area contributed by atoms with Gasteiger partial charge in [-0.05, 0) is 24.1 Å². The summed E-state index contributed by atoms with van der Waals surface area (Å²) in [5, 5.41) is 37.9. The van der Waals surface area contributed by atoms with E-state index < -0.39 is 35.1 Å². The molecule has 146 valence electrons.